The van der Waals surface area contributed by atoms with E-state index in [2.05, 4.69) is 70.3 Å². The average molecular weight is 306 g/mol. The van der Waals surface area contributed by atoms with Crippen LogP contribution in [0.3, 0.4) is 0 Å². The molecule has 1 aromatic heterocycles. The van der Waals surface area contributed by atoms with Crippen LogP contribution < -0.4 is 4.90 Å². The third-order valence-corrected chi connectivity index (χ3v) is 4.79. The fourth-order valence-electron chi connectivity index (χ4n) is 3.51. The molecule has 0 unspecified atom stereocenters. The first-order valence-electron chi connectivity index (χ1n) is 8.36. The summed E-state index contributed by atoms with van der Waals surface area (Å²) in [4.78, 5) is 2.40. The topological polar surface area (TPSA) is 28.4 Å². The number of anilines is 1. The molecule has 1 saturated heterocycles. The number of hydrogen-bond donors (Lipinski definition) is 1. The van der Waals surface area contributed by atoms with E-state index in [1.54, 1.807) is 0 Å². The minimum Gasteiger partial charge on any atom is -0.393 e. The van der Waals surface area contributed by atoms with E-state index in [9.17, 15) is 5.11 Å². The third kappa shape index (κ3) is 2.84. The standard InChI is InChI=1S/C20H22N2O/c23-17-9-12-21(13-10-17)19-7-4-8-20-18(19)11-14-22(20)15-16-5-2-1-3-6-16/h1-8,11,14,17,23H,9-10,12-13,15H2. The van der Waals surface area contributed by atoms with Gasteiger partial charge in [-0.05, 0) is 36.6 Å². The van der Waals surface area contributed by atoms with Crippen molar-refractivity contribution in [3.05, 3.63) is 66.4 Å². The Balaban J connectivity index is 1.66. The Hall–Kier alpha value is -2.26. The van der Waals surface area contributed by atoms with Gasteiger partial charge in [0.2, 0.25) is 0 Å². The van der Waals surface area contributed by atoms with Crippen LogP contribution in [0.5, 0.6) is 0 Å². The SMILES string of the molecule is OC1CCN(c2cccc3c2ccn3Cc2ccccc2)CC1. The molecule has 3 heteroatoms. The zero-order valence-corrected chi connectivity index (χ0v) is 13.2. The quantitative estimate of drug-likeness (QED) is 0.800. The molecule has 2 aromatic carbocycles. The molecule has 1 fully saturated rings. The molecule has 0 bridgehead atoms. The largest absolute Gasteiger partial charge is 0.393 e. The van der Waals surface area contributed by atoms with Crippen LogP contribution in [0.1, 0.15) is 18.4 Å². The number of rotatable bonds is 3. The predicted octanol–water partition coefficient (Wildman–Crippen LogP) is 3.65. The number of aliphatic hydroxyl groups is 1. The molecule has 0 spiro atoms. The third-order valence-electron chi connectivity index (χ3n) is 4.79. The van der Waals surface area contributed by atoms with Gasteiger partial charge in [0.05, 0.1) is 11.6 Å². The molecule has 4 rings (SSSR count). The van der Waals surface area contributed by atoms with Crippen LogP contribution in [0.4, 0.5) is 5.69 Å². The Morgan fingerprint density at radius 1 is 0.913 bits per heavy atom. The zero-order valence-electron chi connectivity index (χ0n) is 13.2. The van der Waals surface area contributed by atoms with E-state index >= 15 is 0 Å². The van der Waals surface area contributed by atoms with Gasteiger partial charge in [-0.3, -0.25) is 0 Å². The molecule has 0 aliphatic carbocycles. The Morgan fingerprint density at radius 3 is 2.48 bits per heavy atom. The summed E-state index contributed by atoms with van der Waals surface area (Å²) in [5.74, 6) is 0. The Morgan fingerprint density at radius 2 is 1.70 bits per heavy atom. The number of hydrogen-bond acceptors (Lipinski definition) is 2. The molecule has 3 aromatic rings. The summed E-state index contributed by atoms with van der Waals surface area (Å²) in [5, 5.41) is 11.0. The molecular formula is C20H22N2O. The minimum atomic E-state index is -0.131. The Bertz CT molecular complexity index is 786. The molecule has 118 valence electrons. The number of nitrogens with zero attached hydrogens (tertiary/aromatic N) is 2. The molecule has 3 nitrogen and oxygen atoms in total. The normalized spacial score (nSPS) is 16.1. The highest BCUT2D eigenvalue weighted by Gasteiger charge is 2.19. The van der Waals surface area contributed by atoms with E-state index in [0.29, 0.717) is 0 Å². The Labute approximate surface area is 136 Å². The van der Waals surface area contributed by atoms with Crippen molar-refractivity contribution >= 4 is 16.6 Å². The smallest absolute Gasteiger partial charge is 0.0574 e. The van der Waals surface area contributed by atoms with Crippen LogP contribution in [0.2, 0.25) is 0 Å². The van der Waals surface area contributed by atoms with Crippen molar-refractivity contribution in [3.63, 3.8) is 0 Å². The number of piperidine rings is 1. The maximum Gasteiger partial charge on any atom is 0.0574 e. The van der Waals surface area contributed by atoms with Crippen LogP contribution in [0, 0.1) is 0 Å². The van der Waals surface area contributed by atoms with Crippen molar-refractivity contribution in [2.24, 2.45) is 0 Å². The summed E-state index contributed by atoms with van der Waals surface area (Å²) in [6.07, 6.45) is 3.77. The fraction of sp³-hybridized carbons (Fsp3) is 0.300. The molecule has 2 heterocycles. The molecule has 23 heavy (non-hydrogen) atoms. The average Bonchev–Trinajstić information content (AvgIpc) is 3.00. The van der Waals surface area contributed by atoms with E-state index in [1.165, 1.54) is 22.2 Å². The van der Waals surface area contributed by atoms with Gasteiger partial charge in [0.1, 0.15) is 0 Å². The van der Waals surface area contributed by atoms with Crippen molar-refractivity contribution in [2.45, 2.75) is 25.5 Å². The summed E-state index contributed by atoms with van der Waals surface area (Å²) in [6.45, 7) is 2.76. The first kappa shape index (κ1) is 14.3. The van der Waals surface area contributed by atoms with Crippen LogP contribution >= 0.6 is 0 Å². The van der Waals surface area contributed by atoms with E-state index in [0.717, 1.165) is 32.5 Å². The van der Waals surface area contributed by atoms with Gasteiger partial charge in [0.25, 0.3) is 0 Å². The van der Waals surface area contributed by atoms with Gasteiger partial charge >= 0.3 is 0 Å². The second kappa shape index (κ2) is 6.09. The second-order valence-electron chi connectivity index (χ2n) is 6.36. The van der Waals surface area contributed by atoms with Crippen molar-refractivity contribution in [1.82, 2.24) is 4.57 Å². The van der Waals surface area contributed by atoms with Gasteiger partial charge in [0.15, 0.2) is 0 Å². The van der Waals surface area contributed by atoms with Crippen LogP contribution in [0.15, 0.2) is 60.8 Å². The highest BCUT2D eigenvalue weighted by atomic mass is 16.3. The summed E-state index contributed by atoms with van der Waals surface area (Å²) < 4.78 is 2.31. The van der Waals surface area contributed by atoms with Gasteiger partial charge in [-0.2, -0.15) is 0 Å². The highest BCUT2D eigenvalue weighted by molar-refractivity contribution is 5.93. The first-order chi connectivity index (χ1) is 11.3. The maximum absolute atomic E-state index is 9.72. The molecule has 0 atom stereocenters. The molecule has 0 saturated carbocycles. The summed E-state index contributed by atoms with van der Waals surface area (Å²) in [6, 6.07) is 19.3. The summed E-state index contributed by atoms with van der Waals surface area (Å²) in [5.41, 5.74) is 3.88. The van der Waals surface area contributed by atoms with Crippen LogP contribution in [-0.4, -0.2) is 28.9 Å². The van der Waals surface area contributed by atoms with E-state index in [1.807, 2.05) is 0 Å². The first-order valence-corrected chi connectivity index (χ1v) is 8.36. The van der Waals surface area contributed by atoms with Crippen molar-refractivity contribution in [3.8, 4) is 0 Å². The van der Waals surface area contributed by atoms with Gasteiger partial charge in [-0.25, -0.2) is 0 Å². The van der Waals surface area contributed by atoms with E-state index < -0.39 is 0 Å². The predicted molar refractivity (Wildman–Crippen MR) is 94.9 cm³/mol. The van der Waals surface area contributed by atoms with Crippen molar-refractivity contribution < 1.29 is 5.11 Å². The summed E-state index contributed by atoms with van der Waals surface area (Å²) in [7, 11) is 0. The van der Waals surface area contributed by atoms with E-state index in [-0.39, 0.29) is 6.10 Å². The second-order valence-corrected chi connectivity index (χ2v) is 6.36. The van der Waals surface area contributed by atoms with Gasteiger partial charge in [0, 0.05) is 36.9 Å². The lowest BCUT2D eigenvalue weighted by atomic mass is 10.1. The number of benzene rings is 2. The molecular weight excluding hydrogens is 284 g/mol. The fourth-order valence-corrected chi connectivity index (χ4v) is 3.51. The van der Waals surface area contributed by atoms with Crippen LogP contribution in [-0.2, 0) is 6.54 Å². The Kier molecular flexibility index (Phi) is 3.80. The zero-order chi connectivity index (χ0) is 15.6. The molecule has 0 radical (unpaired) electrons. The van der Waals surface area contributed by atoms with Crippen LogP contribution in [0.25, 0.3) is 10.9 Å². The monoisotopic (exact) mass is 306 g/mol. The molecule has 1 aliphatic heterocycles. The number of fused-ring (bicyclic) bond motifs is 1. The summed E-state index contributed by atoms with van der Waals surface area (Å²) >= 11 is 0. The highest BCUT2D eigenvalue weighted by Crippen LogP contribution is 2.30. The molecule has 0 amide bonds. The number of aromatic nitrogens is 1. The number of aliphatic hydroxyl groups excluding tert-OH is 1. The van der Waals surface area contributed by atoms with E-state index in [4.69, 9.17) is 0 Å². The molecule has 1 aliphatic rings. The maximum atomic E-state index is 9.72. The van der Waals surface area contributed by atoms with Crippen molar-refractivity contribution in [1.29, 1.82) is 0 Å². The molecule has 1 N–H and O–H groups in total. The minimum absolute atomic E-state index is 0.131. The lowest BCUT2D eigenvalue weighted by Crippen LogP contribution is -2.35. The van der Waals surface area contributed by atoms with Crippen molar-refractivity contribution in [2.75, 3.05) is 18.0 Å². The van der Waals surface area contributed by atoms with Gasteiger partial charge in [-0.1, -0.05) is 36.4 Å². The lowest BCUT2D eigenvalue weighted by Gasteiger charge is -2.32. The van der Waals surface area contributed by atoms with Gasteiger partial charge in [-0.15, -0.1) is 0 Å². The van der Waals surface area contributed by atoms with Gasteiger partial charge < -0.3 is 14.6 Å². The lowest BCUT2D eigenvalue weighted by molar-refractivity contribution is 0.145.